The Bertz CT molecular complexity index is 800. The molecule has 142 valence electrons. The van der Waals surface area contributed by atoms with Crippen molar-refractivity contribution in [3.63, 3.8) is 0 Å². The fourth-order valence-electron chi connectivity index (χ4n) is 1.92. The number of ether oxygens (including phenoxy) is 2. The average Bonchev–Trinajstić information content (AvgIpc) is 2.90. The van der Waals surface area contributed by atoms with Crippen molar-refractivity contribution in [2.75, 3.05) is 30.9 Å². The molecule has 0 bridgehead atoms. The molecule has 10 nitrogen and oxygen atoms in total. The summed E-state index contributed by atoms with van der Waals surface area (Å²) >= 11 is 7.44. The zero-order valence-corrected chi connectivity index (χ0v) is 15.8. The number of rotatable bonds is 9. The summed E-state index contributed by atoms with van der Waals surface area (Å²) in [6.45, 7) is 2.99. The Labute approximate surface area is 158 Å². The SMILES string of the molecule is CC(=O)Nc1nc(Cl)c2nc(SCCO)n(COCCOC(C)=O)c2n1. The Morgan fingerprint density at radius 2 is 2.04 bits per heavy atom. The van der Waals surface area contributed by atoms with Crippen LogP contribution in [0.4, 0.5) is 5.95 Å². The van der Waals surface area contributed by atoms with Crippen LogP contribution >= 0.6 is 23.4 Å². The van der Waals surface area contributed by atoms with Crippen molar-refractivity contribution in [1.29, 1.82) is 0 Å². The number of carbonyl (C=O) groups excluding carboxylic acids is 2. The molecule has 0 aliphatic heterocycles. The number of anilines is 1. The molecular weight excluding hydrogens is 386 g/mol. The van der Waals surface area contributed by atoms with Gasteiger partial charge in [0, 0.05) is 19.6 Å². The van der Waals surface area contributed by atoms with E-state index in [-0.39, 0.29) is 49.5 Å². The number of halogens is 1. The largest absolute Gasteiger partial charge is 0.463 e. The van der Waals surface area contributed by atoms with Gasteiger partial charge in [-0.15, -0.1) is 0 Å². The van der Waals surface area contributed by atoms with Gasteiger partial charge in [-0.1, -0.05) is 23.4 Å². The number of amides is 1. The lowest BCUT2D eigenvalue weighted by Gasteiger charge is -2.09. The van der Waals surface area contributed by atoms with Crippen LogP contribution < -0.4 is 5.32 Å². The zero-order valence-electron chi connectivity index (χ0n) is 14.2. The zero-order chi connectivity index (χ0) is 19.1. The molecule has 26 heavy (non-hydrogen) atoms. The molecule has 0 spiro atoms. The third-order valence-electron chi connectivity index (χ3n) is 2.88. The highest BCUT2D eigenvalue weighted by molar-refractivity contribution is 7.99. The lowest BCUT2D eigenvalue weighted by molar-refractivity contribution is -0.142. The second-order valence-electron chi connectivity index (χ2n) is 4.96. The normalized spacial score (nSPS) is 10.9. The van der Waals surface area contributed by atoms with Crippen molar-refractivity contribution in [3.8, 4) is 0 Å². The van der Waals surface area contributed by atoms with E-state index in [0.717, 1.165) is 0 Å². The minimum atomic E-state index is -0.389. The lowest BCUT2D eigenvalue weighted by atomic mass is 10.5. The molecule has 12 heteroatoms. The molecule has 0 aliphatic rings. The first-order valence-corrected chi connectivity index (χ1v) is 8.95. The second kappa shape index (κ2) is 9.67. The quantitative estimate of drug-likeness (QED) is 0.273. The number of carbonyl (C=O) groups is 2. The molecule has 0 unspecified atom stereocenters. The van der Waals surface area contributed by atoms with E-state index in [1.807, 2.05) is 0 Å². The summed E-state index contributed by atoms with van der Waals surface area (Å²) in [6.07, 6.45) is 0. The first-order valence-electron chi connectivity index (χ1n) is 7.58. The van der Waals surface area contributed by atoms with Gasteiger partial charge in [-0.05, 0) is 0 Å². The third-order valence-corrected chi connectivity index (χ3v) is 4.10. The average molecular weight is 404 g/mol. The summed E-state index contributed by atoms with van der Waals surface area (Å²) in [5.41, 5.74) is 0.728. The van der Waals surface area contributed by atoms with E-state index in [4.69, 9.17) is 26.2 Å². The van der Waals surface area contributed by atoms with Crippen LogP contribution in [0.25, 0.3) is 11.2 Å². The van der Waals surface area contributed by atoms with E-state index in [1.165, 1.54) is 25.6 Å². The second-order valence-corrected chi connectivity index (χ2v) is 6.38. The molecule has 2 rings (SSSR count). The van der Waals surface area contributed by atoms with Gasteiger partial charge in [0.2, 0.25) is 11.9 Å². The summed E-state index contributed by atoms with van der Waals surface area (Å²) in [4.78, 5) is 34.6. The minimum absolute atomic E-state index is 0.0300. The molecule has 2 heterocycles. The van der Waals surface area contributed by atoms with Gasteiger partial charge in [0.25, 0.3) is 0 Å². The smallest absolute Gasteiger partial charge is 0.302 e. The van der Waals surface area contributed by atoms with E-state index < -0.39 is 0 Å². The fourth-order valence-corrected chi connectivity index (χ4v) is 2.86. The third kappa shape index (κ3) is 5.53. The predicted octanol–water partition coefficient (Wildman–Crippen LogP) is 1.06. The molecule has 0 fully saturated rings. The number of hydrogen-bond acceptors (Lipinski definition) is 9. The number of nitrogens with one attached hydrogen (secondary N) is 1. The first-order chi connectivity index (χ1) is 12.4. The summed E-state index contributed by atoms with van der Waals surface area (Å²) < 4.78 is 11.9. The van der Waals surface area contributed by atoms with Gasteiger partial charge in [-0.3, -0.25) is 19.5 Å². The number of esters is 1. The van der Waals surface area contributed by atoms with Crippen LogP contribution in [0.5, 0.6) is 0 Å². The van der Waals surface area contributed by atoms with Crippen LogP contribution in [0.3, 0.4) is 0 Å². The van der Waals surface area contributed by atoms with Crippen LogP contribution in [0, 0.1) is 0 Å². The Balaban J connectivity index is 2.27. The number of thioether (sulfide) groups is 1. The highest BCUT2D eigenvalue weighted by atomic mass is 35.5. The van der Waals surface area contributed by atoms with Crippen molar-refractivity contribution in [2.24, 2.45) is 0 Å². The van der Waals surface area contributed by atoms with Crippen LogP contribution in [-0.4, -0.2) is 62.1 Å². The number of fused-ring (bicyclic) bond motifs is 1. The number of aliphatic hydroxyl groups is 1. The van der Waals surface area contributed by atoms with Gasteiger partial charge in [0.15, 0.2) is 16.0 Å². The molecule has 1 amide bonds. The molecule has 2 N–H and O–H groups in total. The molecular formula is C14H18ClN5O5S. The van der Waals surface area contributed by atoms with Gasteiger partial charge in [0.1, 0.15) is 18.9 Å². The fraction of sp³-hybridized carbons (Fsp3) is 0.500. The van der Waals surface area contributed by atoms with Gasteiger partial charge in [-0.2, -0.15) is 9.97 Å². The Kier molecular flexibility index (Phi) is 7.57. The van der Waals surface area contributed by atoms with Crippen LogP contribution in [0.15, 0.2) is 5.16 Å². The summed E-state index contributed by atoms with van der Waals surface area (Å²) in [7, 11) is 0. The topological polar surface area (TPSA) is 128 Å². The Morgan fingerprint density at radius 3 is 2.69 bits per heavy atom. The molecule has 0 atom stereocenters. The van der Waals surface area contributed by atoms with E-state index >= 15 is 0 Å². The van der Waals surface area contributed by atoms with Crippen LogP contribution in [0.2, 0.25) is 5.15 Å². The van der Waals surface area contributed by atoms with Crippen LogP contribution in [-0.2, 0) is 25.8 Å². The van der Waals surface area contributed by atoms with Gasteiger partial charge in [0.05, 0.1) is 13.2 Å². The van der Waals surface area contributed by atoms with Crippen LogP contribution in [0.1, 0.15) is 13.8 Å². The number of aromatic nitrogens is 4. The lowest BCUT2D eigenvalue weighted by Crippen LogP contribution is -2.13. The Hall–Kier alpha value is -1.95. The summed E-state index contributed by atoms with van der Waals surface area (Å²) in [6, 6.07) is 0. The number of nitrogens with zero attached hydrogens (tertiary/aromatic N) is 4. The van der Waals surface area contributed by atoms with Crippen molar-refractivity contribution in [2.45, 2.75) is 25.7 Å². The van der Waals surface area contributed by atoms with E-state index in [1.54, 1.807) is 4.57 Å². The first kappa shape index (κ1) is 20.4. The monoisotopic (exact) mass is 403 g/mol. The molecule has 0 aromatic carbocycles. The van der Waals surface area contributed by atoms with E-state index in [9.17, 15) is 9.59 Å². The molecule has 0 aliphatic carbocycles. The van der Waals surface area contributed by atoms with Crippen molar-refractivity contribution in [3.05, 3.63) is 5.15 Å². The number of hydrogen-bond donors (Lipinski definition) is 2. The standard InChI is InChI=1S/C14H18ClN5O5S/c1-8(22)16-13-18-11(15)10-12(19-13)20(14(17-10)26-6-3-21)7-24-4-5-25-9(2)23/h21H,3-7H2,1-2H3,(H,16,18,19,22). The maximum absolute atomic E-state index is 11.2. The van der Waals surface area contributed by atoms with Crippen molar-refractivity contribution < 1.29 is 24.2 Å². The maximum atomic E-state index is 11.2. The Morgan fingerprint density at radius 1 is 1.27 bits per heavy atom. The highest BCUT2D eigenvalue weighted by Crippen LogP contribution is 2.27. The molecule has 0 saturated carbocycles. The van der Waals surface area contributed by atoms with Gasteiger partial charge >= 0.3 is 5.97 Å². The molecule has 2 aromatic rings. The molecule has 2 aromatic heterocycles. The summed E-state index contributed by atoms with van der Waals surface area (Å²) in [5.74, 6) is -0.255. The van der Waals surface area contributed by atoms with Crippen molar-refractivity contribution >= 4 is 52.4 Å². The van der Waals surface area contributed by atoms with Gasteiger partial charge < -0.3 is 14.6 Å². The highest BCUT2D eigenvalue weighted by Gasteiger charge is 2.18. The number of aliphatic hydroxyl groups excluding tert-OH is 1. The minimum Gasteiger partial charge on any atom is -0.463 e. The van der Waals surface area contributed by atoms with E-state index in [2.05, 4.69) is 20.3 Å². The van der Waals surface area contributed by atoms with Crippen molar-refractivity contribution in [1.82, 2.24) is 19.5 Å². The summed E-state index contributed by atoms with van der Waals surface area (Å²) in [5, 5.41) is 12.1. The molecule has 0 saturated heterocycles. The maximum Gasteiger partial charge on any atom is 0.302 e. The predicted molar refractivity (Wildman–Crippen MR) is 95.0 cm³/mol. The van der Waals surface area contributed by atoms with E-state index in [0.29, 0.717) is 22.1 Å². The van der Waals surface area contributed by atoms with Gasteiger partial charge in [-0.25, -0.2) is 4.98 Å². The number of imidazole rings is 1. The molecule has 0 radical (unpaired) electrons.